The summed E-state index contributed by atoms with van der Waals surface area (Å²) in [5.74, 6) is 0. The summed E-state index contributed by atoms with van der Waals surface area (Å²) in [6.45, 7) is -0.503. The Morgan fingerprint density at radius 3 is 2.95 bits per heavy atom. The molecule has 1 aliphatic heterocycles. The summed E-state index contributed by atoms with van der Waals surface area (Å²) in [7, 11) is 0. The van der Waals surface area contributed by atoms with Crippen molar-refractivity contribution < 1.29 is 20.1 Å². The van der Waals surface area contributed by atoms with Crippen molar-refractivity contribution in [3.8, 4) is 0 Å². The fourth-order valence-electron chi connectivity index (χ4n) is 2.65. The second-order valence-corrected chi connectivity index (χ2v) is 4.93. The summed E-state index contributed by atoms with van der Waals surface area (Å²) < 4.78 is 6.96. The van der Waals surface area contributed by atoms with Crippen LogP contribution in [0.15, 0.2) is 29.1 Å². The van der Waals surface area contributed by atoms with Crippen LogP contribution in [0.25, 0.3) is 11.0 Å². The summed E-state index contributed by atoms with van der Waals surface area (Å²) in [6.07, 6.45) is -3.48. The van der Waals surface area contributed by atoms with Gasteiger partial charge in [0.2, 0.25) is 0 Å². The minimum absolute atomic E-state index is 0.184. The van der Waals surface area contributed by atoms with Crippen LogP contribution in [0.1, 0.15) is 12.6 Å². The van der Waals surface area contributed by atoms with Gasteiger partial charge in [0.15, 0.2) is 0 Å². The van der Waals surface area contributed by atoms with Gasteiger partial charge in [0, 0.05) is 6.42 Å². The van der Waals surface area contributed by atoms with Gasteiger partial charge in [-0.25, -0.2) is 4.79 Å². The van der Waals surface area contributed by atoms with Crippen LogP contribution in [0.3, 0.4) is 0 Å². The molecule has 7 nitrogen and oxygen atoms in total. The van der Waals surface area contributed by atoms with Crippen LogP contribution in [-0.2, 0) is 4.74 Å². The second-order valence-electron chi connectivity index (χ2n) is 4.93. The smallest absolute Gasteiger partial charge is 0.328 e. The molecule has 0 saturated carbocycles. The quantitative estimate of drug-likeness (QED) is 0.596. The lowest BCUT2D eigenvalue weighted by Gasteiger charge is -2.19. The molecule has 7 heteroatoms. The van der Waals surface area contributed by atoms with E-state index in [4.69, 9.17) is 9.84 Å². The summed E-state index contributed by atoms with van der Waals surface area (Å²) in [6, 6.07) is 7.17. The molecular formula is C13H16N2O5. The van der Waals surface area contributed by atoms with Gasteiger partial charge in [0.1, 0.15) is 18.4 Å². The Morgan fingerprint density at radius 1 is 1.45 bits per heavy atom. The van der Waals surface area contributed by atoms with Crippen LogP contribution in [0.2, 0.25) is 0 Å². The Kier molecular flexibility index (Phi) is 3.35. The first-order valence-corrected chi connectivity index (χ1v) is 6.43. The molecule has 0 radical (unpaired) electrons. The Bertz CT molecular complexity index is 664. The number of aliphatic hydroxyl groups excluding tert-OH is 3. The fraction of sp³-hybridized carbons (Fsp3) is 0.462. The highest BCUT2D eigenvalue weighted by molar-refractivity contribution is 5.75. The van der Waals surface area contributed by atoms with E-state index in [1.54, 1.807) is 18.2 Å². The largest absolute Gasteiger partial charge is 0.394 e. The normalized spacial score (nSPS) is 28.1. The molecule has 1 saturated heterocycles. The zero-order valence-electron chi connectivity index (χ0n) is 10.6. The minimum Gasteiger partial charge on any atom is -0.394 e. The maximum absolute atomic E-state index is 12.0. The van der Waals surface area contributed by atoms with Crippen molar-refractivity contribution >= 4 is 11.0 Å². The number of para-hydroxylation sites is 2. The molecule has 1 aromatic heterocycles. The van der Waals surface area contributed by atoms with Crippen molar-refractivity contribution in [3.63, 3.8) is 0 Å². The number of nitrogens with zero attached hydrogens (tertiary/aromatic N) is 1. The Hall–Kier alpha value is -1.67. The molecule has 20 heavy (non-hydrogen) atoms. The second kappa shape index (κ2) is 5.02. The first-order chi connectivity index (χ1) is 9.61. The number of hydrogen-bond donors (Lipinski definition) is 4. The van der Waals surface area contributed by atoms with Gasteiger partial charge in [-0.2, -0.15) is 0 Å². The van der Waals surface area contributed by atoms with Gasteiger partial charge in [0.05, 0.1) is 23.7 Å². The molecule has 2 heterocycles. The molecule has 0 spiro atoms. The molecule has 108 valence electrons. The van der Waals surface area contributed by atoms with Crippen molar-refractivity contribution in [1.29, 1.82) is 0 Å². The van der Waals surface area contributed by atoms with Crippen molar-refractivity contribution in [2.24, 2.45) is 0 Å². The van der Waals surface area contributed by atoms with Crippen LogP contribution in [0, 0.1) is 0 Å². The highest BCUT2D eigenvalue weighted by Crippen LogP contribution is 2.31. The van der Waals surface area contributed by atoms with Crippen LogP contribution < -0.4 is 5.69 Å². The van der Waals surface area contributed by atoms with Crippen LogP contribution >= 0.6 is 0 Å². The maximum Gasteiger partial charge on any atom is 0.328 e. The molecule has 4 atom stereocenters. The molecule has 4 N–H and O–H groups in total. The number of rotatable bonds is 3. The molecule has 2 aromatic rings. The van der Waals surface area contributed by atoms with Gasteiger partial charge in [0.25, 0.3) is 0 Å². The molecule has 1 fully saturated rings. The molecule has 0 bridgehead atoms. The monoisotopic (exact) mass is 280 g/mol. The van der Waals surface area contributed by atoms with Crippen molar-refractivity contribution in [3.05, 3.63) is 34.7 Å². The zero-order valence-corrected chi connectivity index (χ0v) is 10.6. The Morgan fingerprint density at radius 2 is 2.20 bits per heavy atom. The number of hydrogen-bond acceptors (Lipinski definition) is 5. The molecule has 1 aliphatic rings. The molecule has 0 aliphatic carbocycles. The van der Waals surface area contributed by atoms with Gasteiger partial charge in [-0.1, -0.05) is 12.1 Å². The molecule has 0 amide bonds. The van der Waals surface area contributed by atoms with E-state index >= 15 is 0 Å². The Balaban J connectivity index is 1.97. The standard InChI is InChI=1S/C13H16N2O5/c16-6-10(18)12-9(17)5-11(20-12)15-8-4-2-1-3-7(8)14-13(15)19/h1-4,9-12,16-18H,5-6H2,(H,14,19)/t9-,10-,11-,12+/m1/s1. The lowest BCUT2D eigenvalue weighted by atomic mass is 10.1. The fourth-order valence-corrected chi connectivity index (χ4v) is 2.65. The predicted octanol–water partition coefficient (Wildman–Crippen LogP) is -0.669. The summed E-state index contributed by atoms with van der Waals surface area (Å²) in [5, 5.41) is 28.4. The van der Waals surface area contributed by atoms with E-state index in [0.29, 0.717) is 11.0 Å². The molecular weight excluding hydrogens is 264 g/mol. The van der Waals surface area contributed by atoms with Gasteiger partial charge in [-0.3, -0.25) is 4.57 Å². The van der Waals surface area contributed by atoms with E-state index in [2.05, 4.69) is 4.98 Å². The third-order valence-electron chi connectivity index (χ3n) is 3.61. The van der Waals surface area contributed by atoms with E-state index < -0.39 is 31.1 Å². The van der Waals surface area contributed by atoms with Crippen LogP contribution in [0.5, 0.6) is 0 Å². The number of aliphatic hydroxyl groups is 3. The predicted molar refractivity (Wildman–Crippen MR) is 70.2 cm³/mol. The number of fused-ring (bicyclic) bond motifs is 1. The van der Waals surface area contributed by atoms with Crippen molar-refractivity contribution in [1.82, 2.24) is 9.55 Å². The SMILES string of the molecule is O=c1[nH]c2ccccc2n1[C@H]1C[C@@H](O)[C@@H]([C@H](O)CO)O1. The molecule has 0 unspecified atom stereocenters. The van der Waals surface area contributed by atoms with E-state index in [1.165, 1.54) is 4.57 Å². The van der Waals surface area contributed by atoms with Gasteiger partial charge in [-0.15, -0.1) is 0 Å². The third-order valence-corrected chi connectivity index (χ3v) is 3.61. The first-order valence-electron chi connectivity index (χ1n) is 6.43. The van der Waals surface area contributed by atoms with Gasteiger partial charge < -0.3 is 25.0 Å². The summed E-state index contributed by atoms with van der Waals surface area (Å²) in [4.78, 5) is 14.7. The zero-order chi connectivity index (χ0) is 14.3. The van der Waals surface area contributed by atoms with Crippen molar-refractivity contribution in [2.45, 2.75) is 31.0 Å². The van der Waals surface area contributed by atoms with E-state index in [-0.39, 0.29) is 12.1 Å². The minimum atomic E-state index is -1.17. The summed E-state index contributed by atoms with van der Waals surface area (Å²) >= 11 is 0. The lowest BCUT2D eigenvalue weighted by Crippen LogP contribution is -2.37. The van der Waals surface area contributed by atoms with Crippen molar-refractivity contribution in [2.75, 3.05) is 6.61 Å². The van der Waals surface area contributed by atoms with Crippen LogP contribution in [-0.4, -0.2) is 49.8 Å². The maximum atomic E-state index is 12.0. The number of ether oxygens (including phenoxy) is 1. The molecule has 3 rings (SSSR count). The van der Waals surface area contributed by atoms with Gasteiger partial charge >= 0.3 is 5.69 Å². The molecule has 1 aromatic carbocycles. The highest BCUT2D eigenvalue weighted by Gasteiger charge is 2.40. The number of aromatic amines is 1. The number of benzene rings is 1. The summed E-state index contributed by atoms with van der Waals surface area (Å²) in [5.41, 5.74) is 1.03. The number of H-pyrrole nitrogens is 1. The number of imidazole rings is 1. The topological polar surface area (TPSA) is 108 Å². The average Bonchev–Trinajstić information content (AvgIpc) is 2.97. The number of nitrogens with one attached hydrogen (secondary N) is 1. The van der Waals surface area contributed by atoms with E-state index in [9.17, 15) is 15.0 Å². The van der Waals surface area contributed by atoms with E-state index in [0.717, 1.165) is 0 Å². The average molecular weight is 280 g/mol. The Labute approximate surface area is 114 Å². The number of aromatic nitrogens is 2. The first kappa shape index (κ1) is 13.3. The van der Waals surface area contributed by atoms with E-state index in [1.807, 2.05) is 6.07 Å². The highest BCUT2D eigenvalue weighted by atomic mass is 16.5. The van der Waals surface area contributed by atoms with Crippen LogP contribution in [0.4, 0.5) is 0 Å². The van der Waals surface area contributed by atoms with Gasteiger partial charge in [-0.05, 0) is 12.1 Å². The third kappa shape index (κ3) is 2.04. The lowest BCUT2D eigenvalue weighted by molar-refractivity contribution is -0.0954.